The number of nitrogens with zero attached hydrogens (tertiary/aromatic N) is 2. The van der Waals surface area contributed by atoms with E-state index >= 15 is 0 Å². The van der Waals surface area contributed by atoms with E-state index in [0.717, 1.165) is 21.8 Å². The van der Waals surface area contributed by atoms with Gasteiger partial charge in [-0.15, -0.1) is 0 Å². The van der Waals surface area contributed by atoms with Gasteiger partial charge in [0.15, 0.2) is 5.82 Å². The lowest BCUT2D eigenvalue weighted by molar-refractivity contribution is 0.584. The Morgan fingerprint density at radius 3 is 2.32 bits per heavy atom. The predicted octanol–water partition coefficient (Wildman–Crippen LogP) is 3.63. The van der Waals surface area contributed by atoms with Crippen LogP contribution in [-0.2, 0) is 6.42 Å². The second kappa shape index (κ2) is 5.77. The normalized spacial score (nSPS) is 10.6. The molecule has 0 unspecified atom stereocenters. The van der Waals surface area contributed by atoms with Crippen molar-refractivity contribution in [3.63, 3.8) is 0 Å². The zero-order valence-corrected chi connectivity index (χ0v) is 12.6. The molecule has 0 radical (unpaired) electrons. The number of nitrogens with one attached hydrogen (secondary N) is 1. The highest BCUT2D eigenvalue weighted by atomic mass is 127. The van der Waals surface area contributed by atoms with Gasteiger partial charge in [0.25, 0.3) is 0 Å². The highest BCUT2D eigenvalue weighted by Crippen LogP contribution is 2.25. The van der Waals surface area contributed by atoms with Crippen LogP contribution in [0.3, 0.4) is 0 Å². The molecule has 3 nitrogen and oxygen atoms in total. The largest absolute Gasteiger partial charge is 0.372 e. The first-order chi connectivity index (χ1) is 9.05. The highest BCUT2D eigenvalue weighted by molar-refractivity contribution is 14.1. The van der Waals surface area contributed by atoms with E-state index in [1.165, 1.54) is 12.1 Å². The van der Waals surface area contributed by atoms with Crippen LogP contribution in [0, 0.1) is 15.2 Å². The molecule has 0 aliphatic carbocycles. The molecule has 100 valence electrons. The Bertz CT molecular complexity index is 572. The van der Waals surface area contributed by atoms with E-state index in [1.807, 2.05) is 6.92 Å². The molecule has 1 aromatic carbocycles. The summed E-state index contributed by atoms with van der Waals surface area (Å²) in [5.41, 5.74) is 1.18. The smallest absolute Gasteiger partial charge is 0.162 e. The summed E-state index contributed by atoms with van der Waals surface area (Å²) in [5.74, 6) is -0.297. The van der Waals surface area contributed by atoms with Crippen molar-refractivity contribution in [2.75, 3.05) is 12.4 Å². The summed E-state index contributed by atoms with van der Waals surface area (Å²) in [6, 6.07) is 3.28. The minimum absolute atomic E-state index is 0.319. The zero-order valence-electron chi connectivity index (χ0n) is 10.5. The SMILES string of the molecule is CCc1nc(-c2cc(F)cc(F)c2)nc(NC)c1I. The molecule has 1 heterocycles. The standard InChI is InChI=1S/C13H12F2IN3/c1-3-10-11(16)13(17-2)19-12(18-10)7-4-8(14)6-9(15)5-7/h4-6H,3H2,1-2H3,(H,17,18,19). The molecule has 0 bridgehead atoms. The second-order valence-electron chi connectivity index (χ2n) is 3.92. The quantitative estimate of drug-likeness (QED) is 0.833. The van der Waals surface area contributed by atoms with Crippen molar-refractivity contribution in [1.29, 1.82) is 0 Å². The van der Waals surface area contributed by atoms with Crippen LogP contribution < -0.4 is 5.32 Å². The van der Waals surface area contributed by atoms with Crippen molar-refractivity contribution in [1.82, 2.24) is 9.97 Å². The molecular weight excluding hydrogens is 363 g/mol. The van der Waals surface area contributed by atoms with Crippen LogP contribution in [0.4, 0.5) is 14.6 Å². The minimum Gasteiger partial charge on any atom is -0.372 e. The van der Waals surface area contributed by atoms with Gasteiger partial charge in [0, 0.05) is 18.7 Å². The highest BCUT2D eigenvalue weighted by Gasteiger charge is 2.12. The first kappa shape index (κ1) is 14.1. The van der Waals surface area contributed by atoms with Crippen molar-refractivity contribution >= 4 is 28.4 Å². The minimum atomic E-state index is -0.638. The monoisotopic (exact) mass is 375 g/mol. The molecule has 0 saturated heterocycles. The van der Waals surface area contributed by atoms with Crippen LogP contribution in [-0.4, -0.2) is 17.0 Å². The topological polar surface area (TPSA) is 37.8 Å². The Balaban J connectivity index is 2.61. The summed E-state index contributed by atoms with van der Waals surface area (Å²) in [4.78, 5) is 8.65. The van der Waals surface area contributed by atoms with Gasteiger partial charge in [0.1, 0.15) is 17.5 Å². The third-order valence-electron chi connectivity index (χ3n) is 2.61. The molecule has 2 aromatic rings. The van der Waals surface area contributed by atoms with E-state index in [0.29, 0.717) is 17.2 Å². The van der Waals surface area contributed by atoms with E-state index < -0.39 is 11.6 Å². The van der Waals surface area contributed by atoms with Gasteiger partial charge in [-0.25, -0.2) is 18.7 Å². The summed E-state index contributed by atoms with van der Waals surface area (Å²) in [6.07, 6.45) is 0.722. The second-order valence-corrected chi connectivity index (χ2v) is 5.00. The fraction of sp³-hybridized carbons (Fsp3) is 0.231. The Morgan fingerprint density at radius 1 is 1.16 bits per heavy atom. The number of aromatic nitrogens is 2. The van der Waals surface area contributed by atoms with Crippen molar-refractivity contribution in [2.45, 2.75) is 13.3 Å². The Labute approximate surface area is 123 Å². The van der Waals surface area contributed by atoms with Gasteiger partial charge in [0.05, 0.1) is 9.26 Å². The van der Waals surface area contributed by atoms with Crippen molar-refractivity contribution in [2.24, 2.45) is 0 Å². The molecule has 0 amide bonds. The molecule has 0 saturated carbocycles. The van der Waals surface area contributed by atoms with Crippen LogP contribution in [0.2, 0.25) is 0 Å². The summed E-state index contributed by atoms with van der Waals surface area (Å²) in [7, 11) is 1.75. The molecule has 0 aliphatic rings. The average Bonchev–Trinajstić information content (AvgIpc) is 2.37. The van der Waals surface area contributed by atoms with E-state index in [9.17, 15) is 8.78 Å². The summed E-state index contributed by atoms with van der Waals surface area (Å²) in [5, 5.41) is 2.96. The van der Waals surface area contributed by atoms with E-state index in [4.69, 9.17) is 0 Å². The molecule has 1 aromatic heterocycles. The number of anilines is 1. The van der Waals surface area contributed by atoms with Gasteiger partial charge in [0.2, 0.25) is 0 Å². The number of hydrogen-bond donors (Lipinski definition) is 1. The third-order valence-corrected chi connectivity index (χ3v) is 3.75. The van der Waals surface area contributed by atoms with E-state index in [1.54, 1.807) is 7.05 Å². The number of halogens is 3. The van der Waals surface area contributed by atoms with Gasteiger partial charge in [-0.3, -0.25) is 0 Å². The fourth-order valence-electron chi connectivity index (χ4n) is 1.71. The first-order valence-corrected chi connectivity index (χ1v) is 6.83. The molecule has 0 fully saturated rings. The van der Waals surface area contributed by atoms with Crippen molar-refractivity contribution < 1.29 is 8.78 Å². The lowest BCUT2D eigenvalue weighted by Gasteiger charge is -2.10. The van der Waals surface area contributed by atoms with Crippen LogP contribution in [0.1, 0.15) is 12.6 Å². The third kappa shape index (κ3) is 2.99. The Kier molecular flexibility index (Phi) is 4.28. The molecule has 0 aliphatic heterocycles. The van der Waals surface area contributed by atoms with Crippen LogP contribution in [0.15, 0.2) is 18.2 Å². The van der Waals surface area contributed by atoms with Crippen LogP contribution in [0.5, 0.6) is 0 Å². The zero-order chi connectivity index (χ0) is 14.0. The lowest BCUT2D eigenvalue weighted by atomic mass is 10.2. The molecular formula is C13H12F2IN3. The van der Waals surface area contributed by atoms with Gasteiger partial charge >= 0.3 is 0 Å². The fourth-order valence-corrected chi connectivity index (χ4v) is 2.60. The maximum Gasteiger partial charge on any atom is 0.162 e. The summed E-state index contributed by atoms with van der Waals surface area (Å²) in [6.45, 7) is 1.97. The molecule has 2 rings (SSSR count). The van der Waals surface area contributed by atoms with Gasteiger partial charge in [-0.2, -0.15) is 0 Å². The van der Waals surface area contributed by atoms with Crippen LogP contribution in [0.25, 0.3) is 11.4 Å². The Hall–Kier alpha value is -1.31. The molecule has 6 heteroatoms. The van der Waals surface area contributed by atoms with Gasteiger partial charge < -0.3 is 5.32 Å². The van der Waals surface area contributed by atoms with Gasteiger partial charge in [-0.1, -0.05) is 6.92 Å². The molecule has 0 spiro atoms. The van der Waals surface area contributed by atoms with Crippen molar-refractivity contribution in [3.8, 4) is 11.4 Å². The molecule has 19 heavy (non-hydrogen) atoms. The lowest BCUT2D eigenvalue weighted by Crippen LogP contribution is -2.05. The Morgan fingerprint density at radius 2 is 1.79 bits per heavy atom. The van der Waals surface area contributed by atoms with E-state index in [-0.39, 0.29) is 0 Å². The number of rotatable bonds is 3. The number of aryl methyl sites for hydroxylation is 1. The maximum atomic E-state index is 13.2. The molecule has 1 N–H and O–H groups in total. The summed E-state index contributed by atoms with van der Waals surface area (Å²) < 4.78 is 27.4. The van der Waals surface area contributed by atoms with E-state index in [2.05, 4.69) is 37.9 Å². The van der Waals surface area contributed by atoms with Crippen LogP contribution >= 0.6 is 22.6 Å². The van der Waals surface area contributed by atoms with Gasteiger partial charge in [-0.05, 0) is 41.1 Å². The first-order valence-electron chi connectivity index (χ1n) is 5.75. The number of hydrogen-bond acceptors (Lipinski definition) is 3. The average molecular weight is 375 g/mol. The number of benzene rings is 1. The molecule has 0 atom stereocenters. The van der Waals surface area contributed by atoms with Crippen molar-refractivity contribution in [3.05, 3.63) is 39.1 Å². The predicted molar refractivity (Wildman–Crippen MR) is 79.0 cm³/mol. The maximum absolute atomic E-state index is 13.2. The summed E-state index contributed by atoms with van der Waals surface area (Å²) >= 11 is 2.15.